The summed E-state index contributed by atoms with van der Waals surface area (Å²) in [7, 11) is -2.31. The van der Waals surface area contributed by atoms with Gasteiger partial charge in [-0.2, -0.15) is 5.10 Å². The third-order valence-corrected chi connectivity index (χ3v) is 6.71. The summed E-state index contributed by atoms with van der Waals surface area (Å²) in [4.78, 5) is 14.2. The number of aromatic nitrogens is 2. The van der Waals surface area contributed by atoms with Crippen molar-refractivity contribution in [3.8, 4) is 5.69 Å². The molecule has 9 heteroatoms. The summed E-state index contributed by atoms with van der Waals surface area (Å²) in [6, 6.07) is 12.5. The first-order valence-corrected chi connectivity index (χ1v) is 11.7. The molecule has 0 radical (unpaired) electrons. The van der Waals surface area contributed by atoms with E-state index in [0.717, 1.165) is 40.8 Å². The van der Waals surface area contributed by atoms with E-state index in [2.05, 4.69) is 9.82 Å². The Labute approximate surface area is 187 Å². The van der Waals surface area contributed by atoms with Crippen molar-refractivity contribution >= 4 is 15.9 Å². The third-order valence-electron chi connectivity index (χ3n) is 5.05. The number of hydrogen-bond donors (Lipinski definition) is 1. The number of sulfonamides is 1. The van der Waals surface area contributed by atoms with Gasteiger partial charge in [0.05, 0.1) is 21.8 Å². The van der Waals surface area contributed by atoms with Crippen molar-refractivity contribution in [2.75, 3.05) is 7.05 Å². The molecular formula is C23H27FN4O3S. The quantitative estimate of drug-likeness (QED) is 0.587. The molecule has 0 aliphatic carbocycles. The molecule has 0 saturated carbocycles. The van der Waals surface area contributed by atoms with E-state index >= 15 is 0 Å². The Morgan fingerprint density at radius 3 is 2.44 bits per heavy atom. The van der Waals surface area contributed by atoms with Crippen LogP contribution in [0.2, 0.25) is 0 Å². The predicted molar refractivity (Wildman–Crippen MR) is 121 cm³/mol. The molecule has 170 valence electrons. The van der Waals surface area contributed by atoms with Crippen LogP contribution < -0.4 is 4.72 Å². The van der Waals surface area contributed by atoms with Crippen LogP contribution in [0, 0.1) is 19.7 Å². The van der Waals surface area contributed by atoms with Gasteiger partial charge in [0, 0.05) is 30.9 Å². The number of carbonyl (C=O) groups is 1. The van der Waals surface area contributed by atoms with E-state index in [-0.39, 0.29) is 23.0 Å². The summed E-state index contributed by atoms with van der Waals surface area (Å²) >= 11 is 0. The van der Waals surface area contributed by atoms with Crippen LogP contribution in [0.3, 0.4) is 0 Å². The molecule has 2 aromatic carbocycles. The SMILES string of the molecule is Cc1nn(-c2ccccc2)c(C)c1CN(C)C(=O)c1cc(S(=O)(=O)NC(C)C)ccc1F. The molecule has 1 amide bonds. The molecule has 7 nitrogen and oxygen atoms in total. The number of hydrogen-bond acceptors (Lipinski definition) is 4. The zero-order valence-electron chi connectivity index (χ0n) is 18.8. The van der Waals surface area contributed by atoms with Crippen molar-refractivity contribution in [3.05, 3.63) is 76.9 Å². The van der Waals surface area contributed by atoms with Crippen molar-refractivity contribution in [1.82, 2.24) is 19.4 Å². The van der Waals surface area contributed by atoms with Gasteiger partial charge < -0.3 is 4.90 Å². The number of rotatable bonds is 7. The van der Waals surface area contributed by atoms with Gasteiger partial charge >= 0.3 is 0 Å². The standard InChI is InChI=1S/C23H27FN4O3S/c1-15(2)26-32(30,31)19-11-12-22(24)20(13-19)23(29)27(5)14-21-16(3)25-28(17(21)4)18-9-7-6-8-10-18/h6-13,15,26H,14H2,1-5H3. The van der Waals surface area contributed by atoms with Crippen LogP contribution in [0.4, 0.5) is 4.39 Å². The maximum Gasteiger partial charge on any atom is 0.256 e. The van der Waals surface area contributed by atoms with Gasteiger partial charge in [0.1, 0.15) is 5.82 Å². The summed E-state index contributed by atoms with van der Waals surface area (Å²) in [5.41, 5.74) is 3.06. The average molecular weight is 459 g/mol. The summed E-state index contributed by atoms with van der Waals surface area (Å²) in [5.74, 6) is -1.39. The smallest absolute Gasteiger partial charge is 0.256 e. The average Bonchev–Trinajstić information content (AvgIpc) is 3.01. The molecule has 0 fully saturated rings. The van der Waals surface area contributed by atoms with E-state index in [0.29, 0.717) is 0 Å². The second-order valence-electron chi connectivity index (χ2n) is 7.98. The molecule has 0 bridgehead atoms. The largest absolute Gasteiger partial charge is 0.337 e. The van der Waals surface area contributed by atoms with Crippen LogP contribution in [0.5, 0.6) is 0 Å². The maximum atomic E-state index is 14.5. The van der Waals surface area contributed by atoms with E-state index < -0.39 is 21.7 Å². The number of halogens is 1. The Kier molecular flexibility index (Phi) is 6.80. The van der Waals surface area contributed by atoms with Gasteiger partial charge in [-0.25, -0.2) is 22.2 Å². The van der Waals surface area contributed by atoms with Crippen molar-refractivity contribution in [2.24, 2.45) is 0 Å². The lowest BCUT2D eigenvalue weighted by Crippen LogP contribution is -2.31. The fourth-order valence-electron chi connectivity index (χ4n) is 3.45. The Bertz CT molecular complexity index is 1240. The summed E-state index contributed by atoms with van der Waals surface area (Å²) in [5, 5.41) is 4.57. The lowest BCUT2D eigenvalue weighted by atomic mass is 10.1. The highest BCUT2D eigenvalue weighted by molar-refractivity contribution is 7.89. The number of benzene rings is 2. The van der Waals surface area contributed by atoms with Crippen molar-refractivity contribution in [1.29, 1.82) is 0 Å². The van der Waals surface area contributed by atoms with Gasteiger partial charge in [-0.1, -0.05) is 18.2 Å². The normalized spacial score (nSPS) is 11.7. The molecule has 1 heterocycles. The molecule has 0 aliphatic heterocycles. The molecule has 3 rings (SSSR count). The van der Waals surface area contributed by atoms with Crippen LogP contribution in [0.15, 0.2) is 53.4 Å². The zero-order chi connectivity index (χ0) is 23.6. The first kappa shape index (κ1) is 23.6. The Morgan fingerprint density at radius 1 is 1.16 bits per heavy atom. The number of aryl methyl sites for hydroxylation is 1. The van der Waals surface area contributed by atoms with Crippen LogP contribution in [0.1, 0.15) is 41.2 Å². The minimum atomic E-state index is -3.86. The molecule has 1 N–H and O–H groups in total. The number of carbonyl (C=O) groups excluding carboxylic acids is 1. The summed E-state index contributed by atoms with van der Waals surface area (Å²) < 4.78 is 43.6. The maximum absolute atomic E-state index is 14.5. The van der Waals surface area contributed by atoms with Gasteiger partial charge in [0.25, 0.3) is 5.91 Å². The van der Waals surface area contributed by atoms with Crippen molar-refractivity contribution < 1.29 is 17.6 Å². The van der Waals surface area contributed by atoms with Crippen molar-refractivity contribution in [2.45, 2.75) is 45.2 Å². The first-order chi connectivity index (χ1) is 15.0. The molecule has 1 aromatic heterocycles. The van der Waals surface area contributed by atoms with Crippen LogP contribution in [0.25, 0.3) is 5.69 Å². The number of nitrogens with zero attached hydrogens (tertiary/aromatic N) is 3. The molecule has 3 aromatic rings. The summed E-state index contributed by atoms with van der Waals surface area (Å²) in [6.45, 7) is 7.32. The van der Waals surface area contributed by atoms with E-state index in [1.165, 1.54) is 4.90 Å². The Balaban J connectivity index is 1.89. The summed E-state index contributed by atoms with van der Waals surface area (Å²) in [6.07, 6.45) is 0. The molecule has 0 spiro atoms. The minimum absolute atomic E-state index is 0.159. The molecule has 0 aliphatic rings. The number of nitrogens with one attached hydrogen (secondary N) is 1. The molecule has 0 unspecified atom stereocenters. The zero-order valence-corrected chi connectivity index (χ0v) is 19.6. The van der Waals surface area contributed by atoms with E-state index in [1.807, 2.05) is 44.2 Å². The van der Waals surface area contributed by atoms with Crippen LogP contribution in [-0.4, -0.2) is 42.1 Å². The number of amides is 1. The second kappa shape index (κ2) is 9.22. The van der Waals surface area contributed by atoms with E-state index in [4.69, 9.17) is 0 Å². The lowest BCUT2D eigenvalue weighted by molar-refractivity contribution is 0.0780. The van der Waals surface area contributed by atoms with Crippen LogP contribution >= 0.6 is 0 Å². The Hall–Kier alpha value is -3.04. The predicted octanol–water partition coefficient (Wildman–Crippen LogP) is 3.59. The van der Waals surface area contributed by atoms with E-state index in [1.54, 1.807) is 25.6 Å². The minimum Gasteiger partial charge on any atom is -0.337 e. The number of para-hydroxylation sites is 1. The second-order valence-corrected chi connectivity index (χ2v) is 9.69. The lowest BCUT2D eigenvalue weighted by Gasteiger charge is -2.19. The van der Waals surface area contributed by atoms with E-state index in [9.17, 15) is 17.6 Å². The highest BCUT2D eigenvalue weighted by Gasteiger charge is 2.23. The first-order valence-electron chi connectivity index (χ1n) is 10.2. The van der Waals surface area contributed by atoms with Gasteiger partial charge in [-0.3, -0.25) is 4.79 Å². The molecular weight excluding hydrogens is 431 g/mol. The monoisotopic (exact) mass is 458 g/mol. The molecule has 0 atom stereocenters. The van der Waals surface area contributed by atoms with Gasteiger partial charge in [-0.05, 0) is 58.0 Å². The topological polar surface area (TPSA) is 84.3 Å². The van der Waals surface area contributed by atoms with Crippen molar-refractivity contribution in [3.63, 3.8) is 0 Å². The fraction of sp³-hybridized carbons (Fsp3) is 0.304. The fourth-order valence-corrected chi connectivity index (χ4v) is 4.73. The van der Waals surface area contributed by atoms with Crippen LogP contribution in [-0.2, 0) is 16.6 Å². The highest BCUT2D eigenvalue weighted by atomic mass is 32.2. The van der Waals surface area contributed by atoms with Gasteiger partial charge in [-0.15, -0.1) is 0 Å². The van der Waals surface area contributed by atoms with Gasteiger partial charge in [0.15, 0.2) is 0 Å². The van der Waals surface area contributed by atoms with Gasteiger partial charge in [0.2, 0.25) is 10.0 Å². The third kappa shape index (κ3) is 4.89. The highest BCUT2D eigenvalue weighted by Crippen LogP contribution is 2.22. The Morgan fingerprint density at radius 2 is 1.81 bits per heavy atom. The molecule has 0 saturated heterocycles. The molecule has 32 heavy (non-hydrogen) atoms.